The minimum Gasteiger partial charge on any atom is -0.411 e. The SMILES string of the molecule is CC(C)(/C=N/O)NNC(=O)Nc1ccccc1. The van der Waals surface area contributed by atoms with Crippen LogP contribution in [0.5, 0.6) is 0 Å². The van der Waals surface area contributed by atoms with Crippen molar-refractivity contribution < 1.29 is 10.0 Å². The Labute approximate surface area is 99.7 Å². The van der Waals surface area contributed by atoms with Crippen LogP contribution in [0.1, 0.15) is 13.8 Å². The zero-order valence-electron chi connectivity index (χ0n) is 9.77. The zero-order chi connectivity index (χ0) is 12.7. The number of benzene rings is 1. The zero-order valence-corrected chi connectivity index (χ0v) is 9.77. The van der Waals surface area contributed by atoms with Gasteiger partial charge in [0.05, 0.1) is 11.8 Å². The summed E-state index contributed by atoms with van der Waals surface area (Å²) in [4.78, 5) is 11.5. The Bertz CT molecular complexity index is 390. The molecule has 0 heterocycles. The van der Waals surface area contributed by atoms with E-state index in [1.807, 2.05) is 18.2 Å². The normalized spacial score (nSPS) is 11.4. The van der Waals surface area contributed by atoms with E-state index in [1.165, 1.54) is 6.21 Å². The van der Waals surface area contributed by atoms with Crippen LogP contribution >= 0.6 is 0 Å². The Morgan fingerprint density at radius 2 is 2.00 bits per heavy atom. The molecule has 0 bridgehead atoms. The molecule has 0 spiro atoms. The number of hydrogen-bond donors (Lipinski definition) is 4. The van der Waals surface area contributed by atoms with Gasteiger partial charge in [-0.25, -0.2) is 10.2 Å². The Kier molecular flexibility index (Phi) is 4.47. The molecule has 1 aromatic rings. The predicted molar refractivity (Wildman–Crippen MR) is 66.1 cm³/mol. The van der Waals surface area contributed by atoms with Crippen molar-refractivity contribution in [2.24, 2.45) is 5.16 Å². The third kappa shape index (κ3) is 4.98. The lowest BCUT2D eigenvalue weighted by Crippen LogP contribution is -2.52. The number of amides is 2. The number of nitrogens with zero attached hydrogens (tertiary/aromatic N) is 1. The predicted octanol–water partition coefficient (Wildman–Crippen LogP) is 1.55. The number of carbonyl (C=O) groups excluding carboxylic acids is 1. The van der Waals surface area contributed by atoms with Gasteiger partial charge in [0, 0.05) is 5.69 Å². The van der Waals surface area contributed by atoms with Crippen molar-refractivity contribution >= 4 is 17.9 Å². The fourth-order valence-corrected chi connectivity index (χ4v) is 1.08. The molecule has 0 radical (unpaired) electrons. The highest BCUT2D eigenvalue weighted by atomic mass is 16.4. The molecule has 0 aliphatic rings. The van der Waals surface area contributed by atoms with Crippen LogP contribution in [0.25, 0.3) is 0 Å². The quantitative estimate of drug-likeness (QED) is 0.363. The number of carbonyl (C=O) groups is 1. The summed E-state index contributed by atoms with van der Waals surface area (Å²) >= 11 is 0. The summed E-state index contributed by atoms with van der Waals surface area (Å²) in [5, 5.41) is 14.0. The first-order chi connectivity index (χ1) is 8.03. The molecule has 0 fully saturated rings. The second-order valence-corrected chi connectivity index (χ2v) is 4.04. The van der Waals surface area contributed by atoms with Gasteiger partial charge in [0.15, 0.2) is 0 Å². The van der Waals surface area contributed by atoms with Crippen LogP contribution in [-0.2, 0) is 0 Å². The molecule has 0 saturated heterocycles. The number of urea groups is 1. The summed E-state index contributed by atoms with van der Waals surface area (Å²) in [6.07, 6.45) is 1.27. The fraction of sp³-hybridized carbons (Fsp3) is 0.273. The first-order valence-electron chi connectivity index (χ1n) is 5.11. The number of hydrazine groups is 1. The van der Waals surface area contributed by atoms with Gasteiger partial charge >= 0.3 is 6.03 Å². The van der Waals surface area contributed by atoms with Crippen molar-refractivity contribution in [1.29, 1.82) is 0 Å². The van der Waals surface area contributed by atoms with Crippen molar-refractivity contribution in [3.63, 3.8) is 0 Å². The highest BCUT2D eigenvalue weighted by Crippen LogP contribution is 2.04. The molecule has 92 valence electrons. The van der Waals surface area contributed by atoms with E-state index in [-0.39, 0.29) is 0 Å². The highest BCUT2D eigenvalue weighted by Gasteiger charge is 2.15. The van der Waals surface area contributed by atoms with Gasteiger partial charge < -0.3 is 10.5 Å². The Hall–Kier alpha value is -2.08. The summed E-state index contributed by atoms with van der Waals surface area (Å²) in [7, 11) is 0. The highest BCUT2D eigenvalue weighted by molar-refractivity contribution is 5.89. The monoisotopic (exact) mass is 236 g/mol. The van der Waals surface area contributed by atoms with Crippen LogP contribution in [0.2, 0.25) is 0 Å². The summed E-state index contributed by atoms with van der Waals surface area (Å²) in [6.45, 7) is 3.49. The second kappa shape index (κ2) is 5.86. The van der Waals surface area contributed by atoms with Crippen molar-refractivity contribution in [3.05, 3.63) is 30.3 Å². The summed E-state index contributed by atoms with van der Waals surface area (Å²) in [6, 6.07) is 8.68. The number of nitrogens with one attached hydrogen (secondary N) is 3. The average Bonchev–Trinajstić information content (AvgIpc) is 2.28. The second-order valence-electron chi connectivity index (χ2n) is 4.04. The molecule has 0 aliphatic heterocycles. The molecule has 0 saturated carbocycles. The van der Waals surface area contributed by atoms with Crippen molar-refractivity contribution in [2.45, 2.75) is 19.4 Å². The molecule has 0 unspecified atom stereocenters. The molecule has 0 aromatic heterocycles. The molecule has 6 heteroatoms. The largest absolute Gasteiger partial charge is 0.411 e. The van der Waals surface area contributed by atoms with Crippen LogP contribution in [0.15, 0.2) is 35.5 Å². The number of rotatable bonds is 4. The molecule has 1 aromatic carbocycles. The number of hydrogen-bond acceptors (Lipinski definition) is 4. The minimum absolute atomic E-state index is 0.393. The smallest absolute Gasteiger partial charge is 0.333 e. The van der Waals surface area contributed by atoms with Gasteiger partial charge in [0.1, 0.15) is 0 Å². The lowest BCUT2D eigenvalue weighted by Gasteiger charge is -2.21. The van der Waals surface area contributed by atoms with Gasteiger partial charge in [-0.2, -0.15) is 0 Å². The van der Waals surface area contributed by atoms with Crippen molar-refractivity contribution in [2.75, 3.05) is 5.32 Å². The van der Waals surface area contributed by atoms with Crippen LogP contribution < -0.4 is 16.2 Å². The van der Waals surface area contributed by atoms with E-state index in [0.29, 0.717) is 5.69 Å². The van der Waals surface area contributed by atoms with E-state index in [9.17, 15) is 4.79 Å². The molecule has 17 heavy (non-hydrogen) atoms. The summed E-state index contributed by atoms with van der Waals surface area (Å²) in [5.74, 6) is 0. The number of anilines is 1. The molecule has 6 nitrogen and oxygen atoms in total. The Morgan fingerprint density at radius 3 is 2.59 bits per heavy atom. The van der Waals surface area contributed by atoms with Crippen LogP contribution in [0.4, 0.5) is 10.5 Å². The van der Waals surface area contributed by atoms with E-state index in [0.717, 1.165) is 0 Å². The first kappa shape index (κ1) is 13.0. The lowest BCUT2D eigenvalue weighted by atomic mass is 10.1. The Balaban J connectivity index is 2.41. The van der Waals surface area contributed by atoms with Crippen LogP contribution in [0.3, 0.4) is 0 Å². The van der Waals surface area contributed by atoms with E-state index in [2.05, 4.69) is 21.3 Å². The molecule has 1 rings (SSSR count). The average molecular weight is 236 g/mol. The standard InChI is InChI=1S/C11H16N4O2/c1-11(2,8-12-17)15-14-10(16)13-9-6-4-3-5-7-9/h3-8,15,17H,1-2H3,(H2,13,14,16)/b12-8+. The van der Waals surface area contributed by atoms with Crippen LogP contribution in [0, 0.1) is 0 Å². The van der Waals surface area contributed by atoms with Gasteiger partial charge in [-0.1, -0.05) is 18.2 Å². The Morgan fingerprint density at radius 1 is 1.35 bits per heavy atom. The van der Waals surface area contributed by atoms with Crippen molar-refractivity contribution in [1.82, 2.24) is 10.9 Å². The van der Waals surface area contributed by atoms with Crippen molar-refractivity contribution in [3.8, 4) is 0 Å². The third-order valence-corrected chi connectivity index (χ3v) is 1.91. The molecule has 0 atom stereocenters. The van der Waals surface area contributed by atoms with E-state index < -0.39 is 11.6 Å². The van der Waals surface area contributed by atoms with E-state index >= 15 is 0 Å². The summed E-state index contributed by atoms with van der Waals surface area (Å²) in [5.41, 5.74) is 5.22. The molecular formula is C11H16N4O2. The number of oxime groups is 1. The van der Waals surface area contributed by atoms with Gasteiger partial charge in [-0.05, 0) is 26.0 Å². The lowest BCUT2D eigenvalue weighted by molar-refractivity contribution is 0.244. The maximum Gasteiger partial charge on any atom is 0.333 e. The third-order valence-electron chi connectivity index (χ3n) is 1.91. The molecule has 2 amide bonds. The fourth-order valence-electron chi connectivity index (χ4n) is 1.08. The molecular weight excluding hydrogens is 220 g/mol. The van der Waals surface area contributed by atoms with Gasteiger partial charge in [0.25, 0.3) is 0 Å². The molecule has 4 N–H and O–H groups in total. The minimum atomic E-state index is -0.636. The van der Waals surface area contributed by atoms with Gasteiger partial charge in [-0.15, -0.1) is 5.16 Å². The molecule has 0 aliphatic carbocycles. The van der Waals surface area contributed by atoms with E-state index in [4.69, 9.17) is 5.21 Å². The maximum atomic E-state index is 11.5. The van der Waals surface area contributed by atoms with Gasteiger partial charge in [-0.3, -0.25) is 5.43 Å². The topological polar surface area (TPSA) is 85.8 Å². The van der Waals surface area contributed by atoms with E-state index in [1.54, 1.807) is 26.0 Å². The van der Waals surface area contributed by atoms with Gasteiger partial charge in [0.2, 0.25) is 0 Å². The van der Waals surface area contributed by atoms with Crippen LogP contribution in [-0.4, -0.2) is 23.0 Å². The first-order valence-corrected chi connectivity index (χ1v) is 5.11. The summed E-state index contributed by atoms with van der Waals surface area (Å²) < 4.78 is 0. The number of para-hydroxylation sites is 1. The maximum absolute atomic E-state index is 11.5.